The minimum absolute atomic E-state index is 0.0309. The van der Waals surface area contributed by atoms with Gasteiger partial charge in [-0.15, -0.1) is 11.3 Å². The van der Waals surface area contributed by atoms with Gasteiger partial charge in [-0.25, -0.2) is 0 Å². The van der Waals surface area contributed by atoms with Crippen molar-refractivity contribution in [1.82, 2.24) is 9.88 Å². The zero-order valence-electron chi connectivity index (χ0n) is 16.8. The van der Waals surface area contributed by atoms with E-state index >= 15 is 0 Å². The maximum Gasteiger partial charge on any atom is 0.265 e. The molecule has 1 aliphatic rings. The summed E-state index contributed by atoms with van der Waals surface area (Å²) < 4.78 is 0. The average molecular weight is 435 g/mol. The number of pyridine rings is 1. The molecule has 8 heteroatoms. The molecule has 0 aliphatic carbocycles. The summed E-state index contributed by atoms with van der Waals surface area (Å²) in [6, 6.07) is 14.0. The number of thiophene rings is 1. The summed E-state index contributed by atoms with van der Waals surface area (Å²) >= 11 is 1.36. The molecule has 3 heterocycles. The molecular weight excluding hydrogens is 412 g/mol. The molecule has 3 amide bonds. The number of aromatic nitrogens is 1. The van der Waals surface area contributed by atoms with E-state index in [0.717, 1.165) is 5.69 Å². The monoisotopic (exact) mass is 434 g/mol. The SMILES string of the molecule is O=C(Nc1cccc(C(=O)N2CCC(C(=O)Nc3ccncc3)CC2)c1)c1cccs1. The second-order valence-electron chi connectivity index (χ2n) is 7.30. The maximum atomic E-state index is 12.9. The van der Waals surface area contributed by atoms with Gasteiger partial charge in [0.1, 0.15) is 0 Å². The van der Waals surface area contributed by atoms with E-state index in [0.29, 0.717) is 42.1 Å². The lowest BCUT2D eigenvalue weighted by Crippen LogP contribution is -2.41. The van der Waals surface area contributed by atoms with Gasteiger partial charge in [-0.3, -0.25) is 19.4 Å². The first-order chi connectivity index (χ1) is 15.1. The molecule has 0 unspecified atom stereocenters. The number of benzene rings is 1. The van der Waals surface area contributed by atoms with Gasteiger partial charge in [0, 0.05) is 48.3 Å². The molecule has 1 fully saturated rings. The van der Waals surface area contributed by atoms with Crippen LogP contribution in [0.5, 0.6) is 0 Å². The number of nitrogens with one attached hydrogen (secondary N) is 2. The van der Waals surface area contributed by atoms with E-state index in [4.69, 9.17) is 0 Å². The molecule has 0 spiro atoms. The largest absolute Gasteiger partial charge is 0.339 e. The van der Waals surface area contributed by atoms with Crippen LogP contribution in [0.4, 0.5) is 11.4 Å². The van der Waals surface area contributed by atoms with Crippen LogP contribution >= 0.6 is 11.3 Å². The molecule has 1 aliphatic heterocycles. The van der Waals surface area contributed by atoms with Gasteiger partial charge in [-0.1, -0.05) is 12.1 Å². The van der Waals surface area contributed by atoms with Crippen molar-refractivity contribution in [2.24, 2.45) is 5.92 Å². The van der Waals surface area contributed by atoms with Crippen LogP contribution in [0, 0.1) is 5.92 Å². The highest BCUT2D eigenvalue weighted by atomic mass is 32.1. The van der Waals surface area contributed by atoms with E-state index in [-0.39, 0.29) is 23.6 Å². The third-order valence-corrected chi connectivity index (χ3v) is 6.08. The Hall–Kier alpha value is -3.52. The fraction of sp³-hybridized carbons (Fsp3) is 0.217. The Morgan fingerprint density at radius 3 is 2.42 bits per heavy atom. The van der Waals surface area contributed by atoms with Crippen molar-refractivity contribution in [3.05, 3.63) is 76.7 Å². The van der Waals surface area contributed by atoms with E-state index < -0.39 is 0 Å². The second kappa shape index (κ2) is 9.53. The molecule has 0 atom stereocenters. The Kier molecular flexibility index (Phi) is 6.37. The van der Waals surface area contributed by atoms with Crippen molar-refractivity contribution in [3.8, 4) is 0 Å². The van der Waals surface area contributed by atoms with E-state index in [1.807, 2.05) is 11.4 Å². The van der Waals surface area contributed by atoms with Crippen LogP contribution in [0.15, 0.2) is 66.3 Å². The highest BCUT2D eigenvalue weighted by molar-refractivity contribution is 7.12. The smallest absolute Gasteiger partial charge is 0.265 e. The van der Waals surface area contributed by atoms with Gasteiger partial charge in [0.05, 0.1) is 4.88 Å². The van der Waals surface area contributed by atoms with E-state index in [2.05, 4.69) is 15.6 Å². The van der Waals surface area contributed by atoms with Crippen LogP contribution in [-0.4, -0.2) is 40.7 Å². The van der Waals surface area contributed by atoms with Gasteiger partial charge in [-0.05, 0) is 54.6 Å². The topological polar surface area (TPSA) is 91.4 Å². The number of carbonyl (C=O) groups is 3. The van der Waals surface area contributed by atoms with Gasteiger partial charge in [0.2, 0.25) is 5.91 Å². The first kappa shape index (κ1) is 20.7. The Morgan fingerprint density at radius 2 is 1.71 bits per heavy atom. The number of amides is 3. The molecule has 0 bridgehead atoms. The van der Waals surface area contributed by atoms with Crippen molar-refractivity contribution < 1.29 is 14.4 Å². The number of piperidine rings is 1. The molecule has 0 radical (unpaired) electrons. The van der Waals surface area contributed by atoms with E-state index in [9.17, 15) is 14.4 Å². The molecule has 2 N–H and O–H groups in total. The highest BCUT2D eigenvalue weighted by Gasteiger charge is 2.28. The van der Waals surface area contributed by atoms with Crippen molar-refractivity contribution >= 4 is 40.4 Å². The number of hydrogen-bond acceptors (Lipinski definition) is 5. The number of carbonyl (C=O) groups excluding carboxylic acids is 3. The summed E-state index contributed by atoms with van der Waals surface area (Å²) in [5.74, 6) is -0.453. The second-order valence-corrected chi connectivity index (χ2v) is 8.25. The minimum atomic E-state index is -0.194. The molecule has 1 saturated heterocycles. The van der Waals surface area contributed by atoms with Gasteiger partial charge in [-0.2, -0.15) is 0 Å². The molecule has 4 rings (SSSR count). The lowest BCUT2D eigenvalue weighted by molar-refractivity contribution is -0.121. The van der Waals surface area contributed by atoms with Crippen LogP contribution in [0.2, 0.25) is 0 Å². The normalized spacial score (nSPS) is 14.1. The highest BCUT2D eigenvalue weighted by Crippen LogP contribution is 2.22. The van der Waals surface area contributed by atoms with Gasteiger partial charge < -0.3 is 15.5 Å². The van der Waals surface area contributed by atoms with E-state index in [1.54, 1.807) is 59.8 Å². The van der Waals surface area contributed by atoms with Crippen LogP contribution in [0.1, 0.15) is 32.9 Å². The summed E-state index contributed by atoms with van der Waals surface area (Å²) in [7, 11) is 0. The van der Waals surface area contributed by atoms with Crippen LogP contribution in [-0.2, 0) is 4.79 Å². The number of nitrogens with zero attached hydrogens (tertiary/aromatic N) is 2. The Balaban J connectivity index is 1.33. The van der Waals surface area contributed by atoms with E-state index in [1.165, 1.54) is 11.3 Å². The van der Waals surface area contributed by atoms with Crippen molar-refractivity contribution in [2.45, 2.75) is 12.8 Å². The summed E-state index contributed by atoms with van der Waals surface area (Å²) in [5, 5.41) is 7.58. The van der Waals surface area contributed by atoms with Crippen molar-refractivity contribution in [1.29, 1.82) is 0 Å². The predicted molar refractivity (Wildman–Crippen MR) is 120 cm³/mol. The fourth-order valence-corrected chi connectivity index (χ4v) is 4.16. The molecule has 3 aromatic rings. The standard InChI is InChI=1S/C23H22N4O3S/c28-21(25-18-6-10-24-11-7-18)16-8-12-27(13-9-16)23(30)17-3-1-4-19(15-17)26-22(29)20-5-2-14-31-20/h1-7,10-11,14-16H,8-9,12-13H2,(H,26,29)(H,24,25,28). The summed E-state index contributed by atoms with van der Waals surface area (Å²) in [6.07, 6.45) is 4.48. The maximum absolute atomic E-state index is 12.9. The zero-order valence-corrected chi connectivity index (χ0v) is 17.6. The molecule has 7 nitrogen and oxygen atoms in total. The molecule has 1 aromatic carbocycles. The third-order valence-electron chi connectivity index (χ3n) is 5.21. The molecular formula is C23H22N4O3S. The third kappa shape index (κ3) is 5.16. The molecule has 158 valence electrons. The van der Waals surface area contributed by atoms with Crippen molar-refractivity contribution in [2.75, 3.05) is 23.7 Å². The lowest BCUT2D eigenvalue weighted by Gasteiger charge is -2.31. The van der Waals surface area contributed by atoms with Crippen LogP contribution < -0.4 is 10.6 Å². The zero-order chi connectivity index (χ0) is 21.6. The Bertz CT molecular complexity index is 1060. The molecule has 0 saturated carbocycles. The van der Waals surface area contributed by atoms with Crippen LogP contribution in [0.25, 0.3) is 0 Å². The first-order valence-corrected chi connectivity index (χ1v) is 10.9. The first-order valence-electron chi connectivity index (χ1n) is 10.1. The number of rotatable bonds is 5. The van der Waals surface area contributed by atoms with Gasteiger partial charge in [0.25, 0.3) is 11.8 Å². The van der Waals surface area contributed by atoms with Crippen molar-refractivity contribution in [3.63, 3.8) is 0 Å². The summed E-state index contributed by atoms with van der Waals surface area (Å²) in [4.78, 5) is 44.0. The number of hydrogen-bond donors (Lipinski definition) is 2. The molecule has 2 aromatic heterocycles. The minimum Gasteiger partial charge on any atom is -0.339 e. The van der Waals surface area contributed by atoms with Gasteiger partial charge >= 0.3 is 0 Å². The number of likely N-dealkylation sites (tertiary alicyclic amines) is 1. The summed E-state index contributed by atoms with van der Waals surface area (Å²) in [5.41, 5.74) is 1.82. The lowest BCUT2D eigenvalue weighted by atomic mass is 9.95. The average Bonchev–Trinajstić information content (AvgIpc) is 3.35. The Labute approximate surface area is 184 Å². The quantitative estimate of drug-likeness (QED) is 0.637. The van der Waals surface area contributed by atoms with Crippen LogP contribution in [0.3, 0.4) is 0 Å². The number of anilines is 2. The fourth-order valence-electron chi connectivity index (χ4n) is 3.54. The summed E-state index contributed by atoms with van der Waals surface area (Å²) in [6.45, 7) is 1.03. The predicted octanol–water partition coefficient (Wildman–Crippen LogP) is 3.89. The van der Waals surface area contributed by atoms with Gasteiger partial charge in [0.15, 0.2) is 0 Å². The molecule has 31 heavy (non-hydrogen) atoms. The Morgan fingerprint density at radius 1 is 0.935 bits per heavy atom.